The molecule has 1 fully saturated rings. The number of hydrogen-bond acceptors (Lipinski definition) is 21. The van der Waals surface area contributed by atoms with Gasteiger partial charge < -0.3 is 36.3 Å². The van der Waals surface area contributed by atoms with E-state index < -0.39 is 0 Å². The largest absolute Gasteiger partial charge is 0.397 e. The van der Waals surface area contributed by atoms with Gasteiger partial charge in [-0.05, 0) is 161 Å². The number of nitrogen functional groups attached to an aromatic ring is 1. The lowest BCUT2D eigenvalue weighted by molar-refractivity contribution is 0.489. The van der Waals surface area contributed by atoms with Gasteiger partial charge in [0.25, 0.3) is 0 Å². The zero-order valence-corrected chi connectivity index (χ0v) is 74.8. The van der Waals surface area contributed by atoms with Crippen molar-refractivity contribution in [3.8, 4) is 135 Å². The molecule has 1 aliphatic rings. The molecule has 31 heteroatoms. The van der Waals surface area contributed by atoms with Crippen molar-refractivity contribution in [2.24, 2.45) is 5.92 Å². The zero-order chi connectivity index (χ0) is 93.8. The second-order valence-corrected chi connectivity index (χ2v) is 34.2. The molecule has 0 spiro atoms. The number of fused-ring (bicyclic) bond motifs is 8. The molecule has 1 aliphatic carbocycles. The van der Waals surface area contributed by atoms with Gasteiger partial charge in [0, 0.05) is 207 Å². The predicted octanol–water partition coefficient (Wildman–Crippen LogP) is 22.1. The molecule has 25 aromatic rings. The molecular formula is C109H83F2N29. The highest BCUT2D eigenvalue weighted by Crippen LogP contribution is 2.41. The molecule has 140 heavy (non-hydrogen) atoms. The van der Waals surface area contributed by atoms with Crippen LogP contribution in [0.3, 0.4) is 0 Å². The maximum Gasteiger partial charge on any atom is 0.159 e. The maximum atomic E-state index is 14.6. The Morgan fingerprint density at radius 1 is 0.271 bits per heavy atom. The zero-order valence-electron chi connectivity index (χ0n) is 74.8. The third kappa shape index (κ3) is 17.6. The molecule has 12 N–H and O–H groups in total. The van der Waals surface area contributed by atoms with Crippen LogP contribution in [0.5, 0.6) is 0 Å². The van der Waals surface area contributed by atoms with Crippen LogP contribution in [0, 0.1) is 17.6 Å². The molecule has 0 unspecified atom stereocenters. The van der Waals surface area contributed by atoms with Crippen LogP contribution in [-0.2, 0) is 19.6 Å². The van der Waals surface area contributed by atoms with Crippen LogP contribution in [0.25, 0.3) is 223 Å². The number of benzene rings is 7. The number of imidazole rings is 4. The van der Waals surface area contributed by atoms with Crippen LogP contribution >= 0.6 is 0 Å². The third-order valence-corrected chi connectivity index (χ3v) is 25.1. The molecule has 0 amide bonds. The number of pyridine rings is 10. The van der Waals surface area contributed by atoms with E-state index >= 15 is 0 Å². The summed E-state index contributed by atoms with van der Waals surface area (Å²) >= 11 is 0. The summed E-state index contributed by atoms with van der Waals surface area (Å²) in [5.41, 5.74) is 36.9. The van der Waals surface area contributed by atoms with Crippen molar-refractivity contribution in [3.63, 3.8) is 0 Å². The Morgan fingerprint density at radius 2 is 0.614 bits per heavy atom. The highest BCUT2D eigenvalue weighted by Gasteiger charge is 2.25. The fraction of sp³-hybridized carbons (Fsp3) is 0.0826. The van der Waals surface area contributed by atoms with Crippen molar-refractivity contribution in [1.29, 1.82) is 0 Å². The third-order valence-electron chi connectivity index (χ3n) is 25.1. The van der Waals surface area contributed by atoms with Gasteiger partial charge in [-0.15, -0.1) is 0 Å². The van der Waals surface area contributed by atoms with Gasteiger partial charge in [-0.3, -0.25) is 70.2 Å². The first-order valence-corrected chi connectivity index (χ1v) is 45.6. The quantitative estimate of drug-likeness (QED) is 0.0337. The summed E-state index contributed by atoms with van der Waals surface area (Å²) in [5.74, 6) is 2.72. The average Bonchev–Trinajstić information content (AvgIpc) is 1.62. The molecule has 1 saturated carbocycles. The number of nitrogens with zero attached hydrogens (tertiary/aromatic N) is 18. The molecule has 26 rings (SSSR count). The minimum Gasteiger partial charge on any atom is -0.397 e. The lowest BCUT2D eigenvalue weighted by Gasteiger charge is -2.11. The maximum absolute atomic E-state index is 14.6. The van der Waals surface area contributed by atoms with Crippen molar-refractivity contribution in [2.75, 3.05) is 12.3 Å². The van der Waals surface area contributed by atoms with E-state index in [1.54, 1.807) is 111 Å². The number of nitrogens with two attached hydrogens (primary N) is 1. The molecule has 29 nitrogen and oxygen atoms in total. The van der Waals surface area contributed by atoms with Gasteiger partial charge in [0.15, 0.2) is 23.3 Å². The molecule has 0 bridgehead atoms. The van der Waals surface area contributed by atoms with Gasteiger partial charge in [-0.1, -0.05) is 122 Å². The second kappa shape index (κ2) is 38.0. The first-order chi connectivity index (χ1) is 69.1. The van der Waals surface area contributed by atoms with Crippen LogP contribution in [0.1, 0.15) is 42.4 Å². The smallest absolute Gasteiger partial charge is 0.159 e. The Morgan fingerprint density at radius 3 is 1.01 bits per heavy atom. The minimum absolute atomic E-state index is 0.309. The molecule has 18 heterocycles. The molecule has 0 radical (unpaired) electrons. The Bertz CT molecular complexity index is 8810. The lowest BCUT2D eigenvalue weighted by Crippen LogP contribution is -2.20. The van der Waals surface area contributed by atoms with E-state index in [4.69, 9.17) is 25.7 Å². The van der Waals surface area contributed by atoms with Crippen molar-refractivity contribution in [2.45, 2.75) is 45.3 Å². The fourth-order valence-electron chi connectivity index (χ4n) is 18.1. The van der Waals surface area contributed by atoms with Crippen molar-refractivity contribution in [3.05, 3.63) is 359 Å². The number of aromatic amines is 8. The van der Waals surface area contributed by atoms with E-state index in [9.17, 15) is 8.78 Å². The van der Waals surface area contributed by atoms with Crippen molar-refractivity contribution in [1.82, 2.24) is 141 Å². The van der Waals surface area contributed by atoms with E-state index in [0.29, 0.717) is 85.7 Å². The SMILES string of the molecule is Fc1ccccc1-c1cncc2[nH]c(-c3n[nH]c4ccc(-c5cncc(CNCC6CCCC6)c5)cc34)nc12.Fc1ccccc1-c1cncc2[nH]c(-c3n[nH]c4ccc(-c5cncc(CNCc6ccccc6)c5)cc34)nc12.Nc1cncc(-c2ccc3[nH]nc(-c4nc5c(-c6cccnc6)cncc5[nH]4)c3c2)c1.c1cncc(-c2ccc3[nH]nc(-c4nc5c(-c6cccnc6)cncc5[nH]4)c3c2)c1. The van der Waals surface area contributed by atoms with E-state index in [1.165, 1.54) is 48.9 Å². The summed E-state index contributed by atoms with van der Waals surface area (Å²) in [6.45, 7) is 3.39. The van der Waals surface area contributed by atoms with Crippen molar-refractivity contribution >= 4 is 93.4 Å². The second-order valence-electron chi connectivity index (χ2n) is 34.2. The number of anilines is 1. The summed E-state index contributed by atoms with van der Waals surface area (Å²) < 4.78 is 29.2. The van der Waals surface area contributed by atoms with Gasteiger partial charge in [0.1, 0.15) is 56.5 Å². The van der Waals surface area contributed by atoms with Gasteiger partial charge in [-0.2, -0.15) is 20.4 Å². The summed E-state index contributed by atoms with van der Waals surface area (Å²) in [6, 6.07) is 66.3. The van der Waals surface area contributed by atoms with Gasteiger partial charge in [0.2, 0.25) is 0 Å². The summed E-state index contributed by atoms with van der Waals surface area (Å²) in [5, 5.41) is 41.5. The fourth-order valence-corrected chi connectivity index (χ4v) is 18.1. The first-order valence-electron chi connectivity index (χ1n) is 45.6. The van der Waals surface area contributed by atoms with Crippen LogP contribution in [-0.4, -0.2) is 137 Å². The molecule has 7 aromatic carbocycles. The van der Waals surface area contributed by atoms with Crippen molar-refractivity contribution < 1.29 is 8.78 Å². The number of rotatable bonds is 20. The van der Waals surface area contributed by atoms with Crippen LogP contribution in [0.15, 0.2) is 330 Å². The van der Waals surface area contributed by atoms with Crippen LogP contribution < -0.4 is 16.4 Å². The highest BCUT2D eigenvalue weighted by atomic mass is 19.1. The molecule has 0 aliphatic heterocycles. The Labute approximate surface area is 795 Å². The molecule has 0 atom stereocenters. The number of aromatic nitrogens is 26. The summed E-state index contributed by atoms with van der Waals surface area (Å²) in [6.07, 6.45) is 41.0. The Kier molecular flexibility index (Phi) is 23.2. The Hall–Kier alpha value is -18.6. The van der Waals surface area contributed by atoms with Gasteiger partial charge in [-0.25, -0.2) is 28.7 Å². The summed E-state index contributed by atoms with van der Waals surface area (Å²) in [4.78, 5) is 76.0. The summed E-state index contributed by atoms with van der Waals surface area (Å²) in [7, 11) is 0. The normalized spacial score (nSPS) is 12.1. The van der Waals surface area contributed by atoms with E-state index in [-0.39, 0.29) is 11.6 Å². The molecule has 678 valence electrons. The molecular weight excluding hydrogens is 1750 g/mol. The monoisotopic (exact) mass is 1840 g/mol. The minimum atomic E-state index is -0.317. The number of nitrogens with one attached hydrogen (secondary N) is 10. The van der Waals surface area contributed by atoms with Crippen LogP contribution in [0.2, 0.25) is 0 Å². The van der Waals surface area contributed by atoms with Gasteiger partial charge >= 0.3 is 0 Å². The topological polar surface area (TPSA) is 408 Å². The predicted molar refractivity (Wildman–Crippen MR) is 541 cm³/mol. The first kappa shape index (κ1) is 85.6. The van der Waals surface area contributed by atoms with E-state index in [1.807, 2.05) is 140 Å². The molecule has 18 aromatic heterocycles. The number of H-pyrrole nitrogens is 8. The standard InChI is InChI=1S/C32H24FN7.C31H28FN7.C23H16N8.C23H15N7/c33-27-9-5-4-8-24(27)26-18-36-19-29-30(26)38-32(37-29)31-25-13-22(10-11-28(25)39-40-31)23-12-21(16-35-17-23)15-34-14-20-6-2-1-3-7-20;32-26-8-4-3-7-23(26)25-17-35-18-28-29(25)37-31(36-28)30-24-12-21(9-10-27(24)38-39-30)22-11-20(15-34-16-22)14-33-13-19-5-1-2-6-19;24-16-6-15(9-26-10-16)13-3-4-19-17(7-13)22(31-30-19)23-28-20-12-27-11-18(21(20)29-23)14-2-1-5-25-8-14;1-3-15(10-24-7-1)14-5-6-19-17(9-14)22(30-29-19)23-27-20-13-26-12-18(21(20)28-23)16-4-2-8-25-11-16/h1-13,16-19,34H,14-15H2,(H,37,38)(H,39,40);3-4,7-12,15-19,33H,1-2,5-6,13-14H2,(H,36,37)(H,38,39);1-12H,24H2,(H,28,29)(H,30,31);1-13H,(H,27,28)(H,29,30). The van der Waals surface area contributed by atoms with Gasteiger partial charge in [0.05, 0.1) is 74.6 Å². The van der Waals surface area contributed by atoms with Crippen LogP contribution in [0.4, 0.5) is 14.5 Å². The van der Waals surface area contributed by atoms with E-state index in [0.717, 1.165) is 180 Å². The average molecular weight is 1840 g/mol. The lowest BCUT2D eigenvalue weighted by atomic mass is 10.0. The number of halogens is 2. The Balaban J connectivity index is 0.000000105. The van der Waals surface area contributed by atoms with E-state index in [2.05, 4.69) is 188 Å². The highest BCUT2D eigenvalue weighted by molar-refractivity contribution is 6.03. The number of hydrogen-bond donors (Lipinski definition) is 11. The molecule has 0 saturated heterocycles.